The van der Waals surface area contributed by atoms with Gasteiger partial charge in [-0.25, -0.2) is 4.79 Å². The Hall–Kier alpha value is -1.62. The van der Waals surface area contributed by atoms with Crippen LogP contribution in [0.1, 0.15) is 51.1 Å². The highest BCUT2D eigenvalue weighted by molar-refractivity contribution is 5.69. The van der Waals surface area contributed by atoms with Crippen LogP contribution in [-0.4, -0.2) is 33.2 Å². The fourth-order valence-electron chi connectivity index (χ4n) is 2.21. The lowest BCUT2D eigenvalue weighted by Crippen LogP contribution is -2.43. The molecule has 0 radical (unpaired) electrons. The van der Waals surface area contributed by atoms with Crippen molar-refractivity contribution in [3.63, 3.8) is 0 Å². The molecule has 0 bridgehead atoms. The van der Waals surface area contributed by atoms with Crippen LogP contribution >= 0.6 is 0 Å². The zero-order valence-corrected chi connectivity index (χ0v) is 11.8. The first-order valence-corrected chi connectivity index (χ1v) is 6.42. The van der Waals surface area contributed by atoms with Crippen molar-refractivity contribution in [1.29, 1.82) is 0 Å². The second-order valence-electron chi connectivity index (χ2n) is 5.80. The Morgan fingerprint density at radius 2 is 2.21 bits per heavy atom. The van der Waals surface area contributed by atoms with Crippen molar-refractivity contribution in [2.24, 2.45) is 0 Å². The predicted molar refractivity (Wildman–Crippen MR) is 70.6 cm³/mol. The number of ether oxygens (including phenoxy) is 1. The minimum Gasteiger partial charge on any atom is -0.444 e. The second-order valence-corrected chi connectivity index (χ2v) is 5.80. The Kier molecular flexibility index (Phi) is 3.49. The Morgan fingerprint density at radius 3 is 2.84 bits per heavy atom. The normalized spacial score (nSPS) is 22.9. The fourth-order valence-corrected chi connectivity index (χ4v) is 2.21. The van der Waals surface area contributed by atoms with E-state index in [4.69, 9.17) is 4.74 Å². The van der Waals surface area contributed by atoms with Gasteiger partial charge in [-0.15, -0.1) is 0 Å². The zero-order valence-electron chi connectivity index (χ0n) is 11.8. The number of amides is 1. The summed E-state index contributed by atoms with van der Waals surface area (Å²) in [4.78, 5) is 17.9. The lowest BCUT2D eigenvalue weighted by molar-refractivity contribution is -0.00113. The number of nitrogens with zero attached hydrogens (tertiary/aromatic N) is 2. The van der Waals surface area contributed by atoms with E-state index in [1.807, 2.05) is 33.8 Å². The van der Waals surface area contributed by atoms with E-state index < -0.39 is 17.8 Å². The van der Waals surface area contributed by atoms with Gasteiger partial charge in [-0.1, -0.05) is 6.07 Å². The number of aliphatic hydroxyl groups excluding tert-OH is 1. The number of rotatable bonds is 0. The first-order valence-electron chi connectivity index (χ1n) is 6.42. The molecule has 0 fully saturated rings. The fraction of sp³-hybridized carbons (Fsp3) is 0.571. The molecule has 0 aliphatic carbocycles. The van der Waals surface area contributed by atoms with Crippen molar-refractivity contribution < 1.29 is 14.6 Å². The molecule has 2 unspecified atom stereocenters. The predicted octanol–water partition coefficient (Wildman–Crippen LogP) is 2.43. The molecule has 5 nitrogen and oxygen atoms in total. The summed E-state index contributed by atoms with van der Waals surface area (Å²) in [5.41, 5.74) is 0.971. The molecule has 2 atom stereocenters. The van der Waals surface area contributed by atoms with Crippen LogP contribution in [0.3, 0.4) is 0 Å². The number of carbonyl (C=O) groups is 1. The van der Waals surface area contributed by atoms with E-state index in [2.05, 4.69) is 4.98 Å². The minimum atomic E-state index is -0.764. The van der Waals surface area contributed by atoms with Crippen LogP contribution in [0, 0.1) is 0 Å². The molecule has 1 amide bonds. The molecule has 5 heteroatoms. The van der Waals surface area contributed by atoms with Crippen LogP contribution in [0.25, 0.3) is 0 Å². The summed E-state index contributed by atoms with van der Waals surface area (Å²) < 4.78 is 5.37. The molecule has 0 saturated heterocycles. The Morgan fingerprint density at radius 1 is 1.53 bits per heavy atom. The minimum absolute atomic E-state index is 0.151. The largest absolute Gasteiger partial charge is 0.444 e. The molecule has 19 heavy (non-hydrogen) atoms. The van der Waals surface area contributed by atoms with Gasteiger partial charge in [-0.05, 0) is 39.3 Å². The van der Waals surface area contributed by atoms with Gasteiger partial charge in [-0.3, -0.25) is 9.88 Å². The van der Waals surface area contributed by atoms with Crippen molar-refractivity contribution in [3.05, 3.63) is 29.6 Å². The monoisotopic (exact) mass is 264 g/mol. The quantitative estimate of drug-likeness (QED) is 0.781. The topological polar surface area (TPSA) is 62.7 Å². The molecule has 1 aromatic rings. The van der Waals surface area contributed by atoms with Gasteiger partial charge in [0, 0.05) is 6.20 Å². The Balaban J connectivity index is 2.25. The van der Waals surface area contributed by atoms with Gasteiger partial charge in [0.05, 0.1) is 18.3 Å². The molecule has 1 aliphatic heterocycles. The number of aliphatic hydroxyl groups is 1. The third kappa shape index (κ3) is 2.87. The number of β-amino-alcohol motifs (C(OH)–C–C–N with tert-alkyl or cyclic N) is 1. The molecule has 0 spiro atoms. The first kappa shape index (κ1) is 13.8. The lowest BCUT2D eigenvalue weighted by atomic mass is 9.97. The van der Waals surface area contributed by atoms with Gasteiger partial charge < -0.3 is 9.84 Å². The third-order valence-electron chi connectivity index (χ3n) is 3.10. The van der Waals surface area contributed by atoms with Gasteiger partial charge in [0.2, 0.25) is 0 Å². The standard InChI is InChI=1S/C14H20N2O3/c1-9-10-6-5-7-15-12(10)11(17)8-16(9)13(18)19-14(2,3)4/h5-7,9,11,17H,8H2,1-4H3. The maximum atomic E-state index is 12.2. The van der Waals surface area contributed by atoms with E-state index in [1.54, 1.807) is 17.2 Å². The molecule has 1 N–H and O–H groups in total. The number of aromatic nitrogens is 1. The molecule has 104 valence electrons. The Bertz CT molecular complexity index is 482. The number of hydrogen-bond acceptors (Lipinski definition) is 4. The highest BCUT2D eigenvalue weighted by Crippen LogP contribution is 2.33. The maximum Gasteiger partial charge on any atom is 0.410 e. The van der Waals surface area contributed by atoms with Crippen molar-refractivity contribution >= 4 is 6.09 Å². The molecule has 2 rings (SSSR count). The first-order chi connectivity index (χ1) is 8.79. The van der Waals surface area contributed by atoms with Crippen LogP contribution in [0.2, 0.25) is 0 Å². The summed E-state index contributed by atoms with van der Waals surface area (Å²) in [7, 11) is 0. The molecule has 0 aromatic carbocycles. The molecule has 1 aliphatic rings. The summed E-state index contributed by atoms with van der Waals surface area (Å²) in [5.74, 6) is 0. The summed E-state index contributed by atoms with van der Waals surface area (Å²) in [6.07, 6.45) is 0.478. The molecule has 0 saturated carbocycles. The van der Waals surface area contributed by atoms with Crippen molar-refractivity contribution in [2.45, 2.75) is 45.4 Å². The SMILES string of the molecule is CC1c2cccnc2C(O)CN1C(=O)OC(C)(C)C. The van der Waals surface area contributed by atoms with E-state index in [-0.39, 0.29) is 12.6 Å². The molecular weight excluding hydrogens is 244 g/mol. The van der Waals surface area contributed by atoms with E-state index in [9.17, 15) is 9.90 Å². The van der Waals surface area contributed by atoms with Crippen LogP contribution in [0.5, 0.6) is 0 Å². The van der Waals surface area contributed by atoms with E-state index in [0.29, 0.717) is 5.69 Å². The van der Waals surface area contributed by atoms with Gasteiger partial charge in [0.1, 0.15) is 11.7 Å². The molecular formula is C14H20N2O3. The van der Waals surface area contributed by atoms with Gasteiger partial charge >= 0.3 is 6.09 Å². The van der Waals surface area contributed by atoms with E-state index in [1.165, 1.54) is 0 Å². The maximum absolute atomic E-state index is 12.2. The van der Waals surface area contributed by atoms with Crippen molar-refractivity contribution in [3.8, 4) is 0 Å². The van der Waals surface area contributed by atoms with Gasteiger partial charge in [0.15, 0.2) is 0 Å². The number of hydrogen-bond donors (Lipinski definition) is 1. The summed E-state index contributed by atoms with van der Waals surface area (Å²) in [5, 5.41) is 10.1. The van der Waals surface area contributed by atoms with Crippen LogP contribution in [0.4, 0.5) is 4.79 Å². The Labute approximate surface area is 113 Å². The van der Waals surface area contributed by atoms with Gasteiger partial charge in [-0.2, -0.15) is 0 Å². The third-order valence-corrected chi connectivity index (χ3v) is 3.10. The zero-order chi connectivity index (χ0) is 14.2. The summed E-state index contributed by atoms with van der Waals surface area (Å²) >= 11 is 0. The molecule has 2 heterocycles. The van der Waals surface area contributed by atoms with Crippen LogP contribution < -0.4 is 0 Å². The summed E-state index contributed by atoms with van der Waals surface area (Å²) in [6, 6.07) is 3.54. The van der Waals surface area contributed by atoms with Crippen molar-refractivity contribution in [1.82, 2.24) is 9.88 Å². The highest BCUT2D eigenvalue weighted by atomic mass is 16.6. The van der Waals surface area contributed by atoms with Crippen molar-refractivity contribution in [2.75, 3.05) is 6.54 Å². The second kappa shape index (κ2) is 4.81. The van der Waals surface area contributed by atoms with Crippen LogP contribution in [0.15, 0.2) is 18.3 Å². The number of pyridine rings is 1. The molecule has 1 aromatic heterocycles. The lowest BCUT2D eigenvalue weighted by Gasteiger charge is -2.37. The smallest absolute Gasteiger partial charge is 0.410 e. The average molecular weight is 264 g/mol. The highest BCUT2D eigenvalue weighted by Gasteiger charge is 2.35. The van der Waals surface area contributed by atoms with Gasteiger partial charge in [0.25, 0.3) is 0 Å². The van der Waals surface area contributed by atoms with E-state index >= 15 is 0 Å². The van der Waals surface area contributed by atoms with Crippen LogP contribution in [-0.2, 0) is 4.74 Å². The van der Waals surface area contributed by atoms with E-state index in [0.717, 1.165) is 5.56 Å². The number of fused-ring (bicyclic) bond motifs is 1. The number of carbonyl (C=O) groups excluding carboxylic acids is 1. The average Bonchev–Trinajstić information content (AvgIpc) is 2.31. The summed E-state index contributed by atoms with van der Waals surface area (Å²) in [6.45, 7) is 7.60.